The smallest absolute Gasteiger partial charge is 0.260 e. The number of thiazole rings is 1. The molecule has 1 saturated heterocycles. The number of nitrogens with zero attached hydrogens (tertiary/aromatic N) is 6. The first-order valence-electron chi connectivity index (χ1n) is 12.7. The number of aryl methyl sites for hydroxylation is 3. The van der Waals surface area contributed by atoms with Crippen LogP contribution in [0.2, 0.25) is 0 Å². The molecule has 37 heavy (non-hydrogen) atoms. The zero-order chi connectivity index (χ0) is 25.9. The molecule has 1 aliphatic rings. The summed E-state index contributed by atoms with van der Waals surface area (Å²) in [6.45, 7) is 7.37. The quantitative estimate of drug-likeness (QED) is 0.385. The molecule has 11 heteroatoms. The number of hydrogen-bond acceptors (Lipinski definition) is 7. The Morgan fingerprint density at radius 3 is 2.54 bits per heavy atom. The van der Waals surface area contributed by atoms with Gasteiger partial charge in [0.15, 0.2) is 0 Å². The predicted octanol–water partition coefficient (Wildman–Crippen LogP) is 3.67. The molecule has 1 aliphatic heterocycles. The van der Waals surface area contributed by atoms with Crippen molar-refractivity contribution < 1.29 is 9.59 Å². The summed E-state index contributed by atoms with van der Waals surface area (Å²) in [5.74, 6) is -0.490. The molecule has 0 atom stereocenters. The van der Waals surface area contributed by atoms with Gasteiger partial charge in [-0.15, -0.1) is 11.3 Å². The van der Waals surface area contributed by atoms with Crippen LogP contribution in [-0.2, 0) is 7.05 Å². The third kappa shape index (κ3) is 5.57. The lowest BCUT2D eigenvalue weighted by Crippen LogP contribution is -2.35. The standard InChI is InChI=1S/C26H32N8O2S/c1-17-21(15-32(3)31-17)23-16-34-26(37-23)20(14-29-34)25(36)30-22-12-19(13-28-18(22)2)24(35)27-8-11-33-9-6-4-5-7-10-33/h12-16H,4-11H2,1-3H3,(H,27,35)(H,30,36). The fourth-order valence-corrected chi connectivity index (χ4v) is 5.79. The first kappa shape index (κ1) is 25.1. The number of likely N-dealkylation sites (tertiary alicyclic amines) is 1. The zero-order valence-corrected chi connectivity index (χ0v) is 22.3. The van der Waals surface area contributed by atoms with E-state index in [2.05, 4.69) is 30.7 Å². The maximum Gasteiger partial charge on any atom is 0.260 e. The van der Waals surface area contributed by atoms with Gasteiger partial charge in [-0.25, -0.2) is 4.52 Å². The number of fused-ring (bicyclic) bond motifs is 1. The van der Waals surface area contributed by atoms with Crippen LogP contribution >= 0.6 is 11.3 Å². The highest BCUT2D eigenvalue weighted by Crippen LogP contribution is 2.32. The minimum absolute atomic E-state index is 0.194. The maximum atomic E-state index is 13.2. The topological polar surface area (TPSA) is 109 Å². The summed E-state index contributed by atoms with van der Waals surface area (Å²) in [5, 5.41) is 14.7. The lowest BCUT2D eigenvalue weighted by Gasteiger charge is -2.19. The van der Waals surface area contributed by atoms with Crippen molar-refractivity contribution in [3.8, 4) is 10.4 Å². The van der Waals surface area contributed by atoms with Crippen LogP contribution in [0.1, 0.15) is 57.8 Å². The Bertz CT molecular complexity index is 1430. The van der Waals surface area contributed by atoms with E-state index in [4.69, 9.17) is 0 Å². The molecule has 0 aromatic carbocycles. The van der Waals surface area contributed by atoms with E-state index in [1.54, 1.807) is 34.6 Å². The Hall–Kier alpha value is -3.57. The summed E-state index contributed by atoms with van der Waals surface area (Å²) < 4.78 is 3.48. The summed E-state index contributed by atoms with van der Waals surface area (Å²) in [5.41, 5.74) is 3.95. The van der Waals surface area contributed by atoms with Gasteiger partial charge < -0.3 is 15.5 Å². The normalized spacial score (nSPS) is 14.6. The highest BCUT2D eigenvalue weighted by Gasteiger charge is 2.19. The Morgan fingerprint density at radius 2 is 1.81 bits per heavy atom. The van der Waals surface area contributed by atoms with Crippen molar-refractivity contribution >= 4 is 33.7 Å². The molecular formula is C26H32N8O2S. The lowest BCUT2D eigenvalue weighted by atomic mass is 10.2. The van der Waals surface area contributed by atoms with E-state index >= 15 is 0 Å². The van der Waals surface area contributed by atoms with Crippen LogP contribution in [-0.4, -0.2) is 67.3 Å². The third-order valence-corrected chi connectivity index (χ3v) is 7.87. The highest BCUT2D eigenvalue weighted by atomic mass is 32.1. The van der Waals surface area contributed by atoms with E-state index in [9.17, 15) is 9.59 Å². The van der Waals surface area contributed by atoms with Gasteiger partial charge in [0.25, 0.3) is 11.8 Å². The van der Waals surface area contributed by atoms with E-state index in [1.807, 2.05) is 26.4 Å². The molecule has 0 aliphatic carbocycles. The van der Waals surface area contributed by atoms with Crippen molar-refractivity contribution in [2.75, 3.05) is 31.5 Å². The fraction of sp³-hybridized carbons (Fsp3) is 0.423. The average Bonchev–Trinajstić information content (AvgIpc) is 3.48. The molecule has 4 aromatic heterocycles. The van der Waals surface area contributed by atoms with Gasteiger partial charge in [-0.2, -0.15) is 10.2 Å². The number of rotatable bonds is 7. The van der Waals surface area contributed by atoms with Crippen molar-refractivity contribution in [2.24, 2.45) is 7.05 Å². The van der Waals surface area contributed by atoms with Crippen LogP contribution in [0, 0.1) is 13.8 Å². The molecule has 1 fully saturated rings. The van der Waals surface area contributed by atoms with Gasteiger partial charge in [-0.1, -0.05) is 12.8 Å². The Kier molecular flexibility index (Phi) is 7.33. The van der Waals surface area contributed by atoms with Gasteiger partial charge in [0.2, 0.25) is 0 Å². The molecule has 0 unspecified atom stereocenters. The highest BCUT2D eigenvalue weighted by molar-refractivity contribution is 7.21. The number of aromatic nitrogens is 5. The molecule has 0 radical (unpaired) electrons. The lowest BCUT2D eigenvalue weighted by molar-refractivity contribution is 0.0946. The number of anilines is 1. The van der Waals surface area contributed by atoms with Crippen LogP contribution in [0.5, 0.6) is 0 Å². The molecule has 2 N–H and O–H groups in total. The van der Waals surface area contributed by atoms with Gasteiger partial charge in [-0.05, 0) is 45.8 Å². The SMILES string of the molecule is Cc1ncc(C(=O)NCCN2CCCCCC2)cc1NC(=O)c1cnn2cc(-c3cn(C)nc3C)sc12. The first-order chi connectivity index (χ1) is 17.9. The van der Waals surface area contributed by atoms with Crippen molar-refractivity contribution in [3.63, 3.8) is 0 Å². The van der Waals surface area contributed by atoms with Gasteiger partial charge in [-0.3, -0.25) is 19.3 Å². The van der Waals surface area contributed by atoms with Crippen molar-refractivity contribution in [2.45, 2.75) is 39.5 Å². The van der Waals surface area contributed by atoms with Gasteiger partial charge >= 0.3 is 0 Å². The van der Waals surface area contributed by atoms with E-state index in [-0.39, 0.29) is 11.8 Å². The second-order valence-electron chi connectivity index (χ2n) is 9.53. The summed E-state index contributed by atoms with van der Waals surface area (Å²) in [6, 6.07) is 1.68. The Balaban J connectivity index is 1.26. The Morgan fingerprint density at radius 1 is 1.03 bits per heavy atom. The minimum Gasteiger partial charge on any atom is -0.351 e. The summed E-state index contributed by atoms with van der Waals surface area (Å²) in [4.78, 5) is 34.5. The number of carbonyl (C=O) groups is 2. The molecule has 194 valence electrons. The van der Waals surface area contributed by atoms with Gasteiger partial charge in [0, 0.05) is 44.3 Å². The molecule has 10 nitrogen and oxygen atoms in total. The molecule has 5 heterocycles. The summed E-state index contributed by atoms with van der Waals surface area (Å²) >= 11 is 1.49. The monoisotopic (exact) mass is 520 g/mol. The predicted molar refractivity (Wildman–Crippen MR) is 144 cm³/mol. The van der Waals surface area contributed by atoms with E-state index < -0.39 is 0 Å². The summed E-state index contributed by atoms with van der Waals surface area (Å²) in [7, 11) is 1.88. The molecule has 0 bridgehead atoms. The Labute approximate surface area is 219 Å². The van der Waals surface area contributed by atoms with Crippen LogP contribution < -0.4 is 10.6 Å². The number of hydrogen-bond donors (Lipinski definition) is 2. The van der Waals surface area contributed by atoms with Gasteiger partial charge in [0.1, 0.15) is 4.83 Å². The van der Waals surface area contributed by atoms with Crippen molar-refractivity contribution in [1.29, 1.82) is 0 Å². The van der Waals surface area contributed by atoms with Crippen LogP contribution in [0.3, 0.4) is 0 Å². The van der Waals surface area contributed by atoms with Crippen LogP contribution in [0.4, 0.5) is 5.69 Å². The van der Waals surface area contributed by atoms with Crippen molar-refractivity contribution in [1.82, 2.24) is 34.6 Å². The minimum atomic E-state index is -0.296. The number of carbonyl (C=O) groups excluding carboxylic acids is 2. The van der Waals surface area contributed by atoms with Gasteiger partial charge in [0.05, 0.1) is 39.3 Å². The van der Waals surface area contributed by atoms with E-state index in [0.717, 1.165) is 40.6 Å². The average molecular weight is 521 g/mol. The fourth-order valence-electron chi connectivity index (χ4n) is 4.67. The summed E-state index contributed by atoms with van der Waals surface area (Å²) in [6.07, 6.45) is 12.0. The number of nitrogens with one attached hydrogen (secondary N) is 2. The maximum absolute atomic E-state index is 13.2. The third-order valence-electron chi connectivity index (χ3n) is 6.73. The second-order valence-corrected chi connectivity index (χ2v) is 10.6. The zero-order valence-electron chi connectivity index (χ0n) is 21.5. The molecular weight excluding hydrogens is 488 g/mol. The molecule has 0 saturated carbocycles. The molecule has 2 amide bonds. The largest absolute Gasteiger partial charge is 0.351 e. The molecule has 5 rings (SSSR count). The second kappa shape index (κ2) is 10.8. The number of amides is 2. The number of pyridine rings is 1. The first-order valence-corrected chi connectivity index (χ1v) is 13.5. The molecule has 4 aromatic rings. The van der Waals surface area contributed by atoms with E-state index in [0.29, 0.717) is 29.1 Å². The van der Waals surface area contributed by atoms with E-state index in [1.165, 1.54) is 37.0 Å². The van der Waals surface area contributed by atoms with Crippen LogP contribution in [0.25, 0.3) is 15.3 Å². The molecule has 0 spiro atoms. The van der Waals surface area contributed by atoms with Crippen molar-refractivity contribution in [3.05, 3.63) is 53.4 Å². The van der Waals surface area contributed by atoms with Crippen LogP contribution in [0.15, 0.2) is 30.9 Å².